The van der Waals surface area contributed by atoms with E-state index < -0.39 is 5.56 Å². The first-order valence-corrected chi connectivity index (χ1v) is 11.0. The number of piperidine rings is 1. The number of anilines is 3. The number of nitrogens with two attached hydrogens (primary N) is 3. The Balaban J connectivity index is 1.42. The predicted octanol–water partition coefficient (Wildman–Crippen LogP) is 0.906. The predicted molar refractivity (Wildman–Crippen MR) is 127 cm³/mol. The largest absolute Gasteiger partial charge is 0.383 e. The smallest absolute Gasteiger partial charge is 0.266 e. The first-order chi connectivity index (χ1) is 15.7. The van der Waals surface area contributed by atoms with E-state index in [2.05, 4.69) is 15.1 Å². The molecular weight excluding hydrogens is 444 g/mol. The summed E-state index contributed by atoms with van der Waals surface area (Å²) >= 11 is 6.21. The number of hydrogen-bond acceptors (Lipinski definition) is 9. The maximum absolute atomic E-state index is 13.2. The van der Waals surface area contributed by atoms with Crippen LogP contribution in [0, 0.1) is 10.8 Å². The van der Waals surface area contributed by atoms with E-state index in [1.807, 2.05) is 15.6 Å². The van der Waals surface area contributed by atoms with Crippen LogP contribution < -0.4 is 27.7 Å². The number of halogens is 1. The summed E-state index contributed by atoms with van der Waals surface area (Å²) in [5, 5.41) is 13.0. The summed E-state index contributed by atoms with van der Waals surface area (Å²) in [5.41, 5.74) is 19.2. The summed E-state index contributed by atoms with van der Waals surface area (Å²) < 4.78 is 3.42. The van der Waals surface area contributed by atoms with Crippen LogP contribution in [0.15, 0.2) is 29.3 Å². The van der Waals surface area contributed by atoms with Crippen LogP contribution in [-0.4, -0.2) is 43.1 Å². The van der Waals surface area contributed by atoms with Crippen LogP contribution in [0.3, 0.4) is 0 Å². The highest BCUT2D eigenvalue weighted by molar-refractivity contribution is 6.37. The van der Waals surface area contributed by atoms with Crippen LogP contribution in [0.25, 0.3) is 0 Å². The number of fused-ring (bicyclic) bond motifs is 1. The molecule has 2 aliphatic rings. The molecule has 1 unspecified atom stereocenters. The van der Waals surface area contributed by atoms with E-state index in [0.717, 1.165) is 25.1 Å². The van der Waals surface area contributed by atoms with Gasteiger partial charge in [-0.3, -0.25) is 19.5 Å². The lowest BCUT2D eigenvalue weighted by atomic mass is 9.74. The van der Waals surface area contributed by atoms with Crippen LogP contribution >= 0.6 is 11.6 Å². The van der Waals surface area contributed by atoms with Crippen LogP contribution in [0.4, 0.5) is 17.6 Å². The van der Waals surface area contributed by atoms with Gasteiger partial charge >= 0.3 is 0 Å². The molecule has 0 radical (unpaired) electrons. The van der Waals surface area contributed by atoms with E-state index in [-0.39, 0.29) is 45.0 Å². The molecular formula is C21H25ClN10O. The summed E-state index contributed by atoms with van der Waals surface area (Å²) in [6, 6.07) is 3.44. The quantitative estimate of drug-likeness (QED) is 0.410. The monoisotopic (exact) mass is 468 g/mol. The molecule has 172 valence electrons. The van der Waals surface area contributed by atoms with Gasteiger partial charge in [0.05, 0.1) is 22.5 Å². The van der Waals surface area contributed by atoms with E-state index >= 15 is 0 Å². The van der Waals surface area contributed by atoms with Gasteiger partial charge in [-0.2, -0.15) is 10.1 Å². The van der Waals surface area contributed by atoms with Crippen molar-refractivity contribution < 1.29 is 0 Å². The zero-order chi connectivity index (χ0) is 23.5. The minimum absolute atomic E-state index is 0.0227. The second-order valence-corrected chi connectivity index (χ2v) is 9.09. The molecule has 5 heterocycles. The fourth-order valence-electron chi connectivity index (χ4n) is 4.98. The average Bonchev–Trinajstić information content (AvgIpc) is 3.34. The topological polar surface area (TPSA) is 171 Å². The molecule has 0 bridgehead atoms. The Morgan fingerprint density at radius 3 is 2.64 bits per heavy atom. The van der Waals surface area contributed by atoms with E-state index in [4.69, 9.17) is 34.2 Å². The highest BCUT2D eigenvalue weighted by atomic mass is 35.5. The second-order valence-electron chi connectivity index (χ2n) is 8.71. The van der Waals surface area contributed by atoms with Gasteiger partial charge in [-0.15, -0.1) is 0 Å². The number of nitrogens with one attached hydrogen (secondary N) is 1. The van der Waals surface area contributed by atoms with Crippen molar-refractivity contribution in [3.8, 4) is 0 Å². The molecule has 5 rings (SSSR count). The normalized spacial score (nSPS) is 19.1. The van der Waals surface area contributed by atoms with Crippen LogP contribution in [0.2, 0.25) is 5.02 Å². The van der Waals surface area contributed by atoms with Gasteiger partial charge in [-0.25, -0.2) is 4.98 Å². The molecule has 0 aliphatic carbocycles. The minimum atomic E-state index is -0.424. The molecule has 1 spiro atoms. The van der Waals surface area contributed by atoms with Crippen molar-refractivity contribution in [3.05, 3.63) is 56.7 Å². The van der Waals surface area contributed by atoms with Gasteiger partial charge in [-0.1, -0.05) is 11.6 Å². The SMILES string of the molecule is Cn1c(N2CCC3(CC2)Cn2nccc2C3N)nc(N)c(C(=N)c2ccnc(N)c2Cl)c1=O. The lowest BCUT2D eigenvalue weighted by Crippen LogP contribution is -2.46. The zero-order valence-electron chi connectivity index (χ0n) is 18.1. The van der Waals surface area contributed by atoms with Gasteiger partial charge in [-0.05, 0) is 25.0 Å². The van der Waals surface area contributed by atoms with Gasteiger partial charge < -0.3 is 22.1 Å². The lowest BCUT2D eigenvalue weighted by molar-refractivity contribution is 0.169. The molecule has 0 saturated carbocycles. The molecule has 12 heteroatoms. The second kappa shape index (κ2) is 7.56. The van der Waals surface area contributed by atoms with Crippen molar-refractivity contribution in [2.75, 3.05) is 29.5 Å². The maximum atomic E-state index is 13.2. The van der Waals surface area contributed by atoms with Gasteiger partial charge in [0.2, 0.25) is 5.95 Å². The van der Waals surface area contributed by atoms with Crippen LogP contribution in [-0.2, 0) is 13.6 Å². The number of rotatable bonds is 3. The van der Waals surface area contributed by atoms with Gasteiger partial charge in [0.25, 0.3) is 5.56 Å². The average molecular weight is 469 g/mol. The molecule has 0 aromatic carbocycles. The fourth-order valence-corrected chi connectivity index (χ4v) is 5.19. The summed E-state index contributed by atoms with van der Waals surface area (Å²) in [6.07, 6.45) is 4.90. The van der Waals surface area contributed by atoms with Crippen molar-refractivity contribution in [3.63, 3.8) is 0 Å². The Morgan fingerprint density at radius 2 is 1.94 bits per heavy atom. The molecule has 11 nitrogen and oxygen atoms in total. The number of hydrogen-bond donors (Lipinski definition) is 4. The molecule has 3 aromatic heterocycles. The zero-order valence-corrected chi connectivity index (χ0v) is 18.9. The van der Waals surface area contributed by atoms with Crippen molar-refractivity contribution in [1.82, 2.24) is 24.3 Å². The Morgan fingerprint density at radius 1 is 1.21 bits per heavy atom. The van der Waals surface area contributed by atoms with E-state index in [9.17, 15) is 4.79 Å². The molecule has 1 fully saturated rings. The van der Waals surface area contributed by atoms with E-state index in [1.165, 1.54) is 16.8 Å². The Kier molecular flexibility index (Phi) is 4.91. The number of nitrogens with zero attached hydrogens (tertiary/aromatic N) is 6. The van der Waals surface area contributed by atoms with Gasteiger partial charge in [0.1, 0.15) is 17.2 Å². The van der Waals surface area contributed by atoms with Crippen molar-refractivity contribution in [1.29, 1.82) is 5.41 Å². The van der Waals surface area contributed by atoms with Crippen LogP contribution in [0.5, 0.6) is 0 Å². The Hall–Kier alpha value is -3.44. The Labute approximate surface area is 194 Å². The summed E-state index contributed by atoms with van der Waals surface area (Å²) in [5.74, 6) is 0.518. The lowest BCUT2D eigenvalue weighted by Gasteiger charge is -2.42. The summed E-state index contributed by atoms with van der Waals surface area (Å²) in [6.45, 7) is 2.16. The number of aromatic nitrogens is 5. The molecule has 2 aliphatic heterocycles. The third-order valence-corrected chi connectivity index (χ3v) is 7.36. The summed E-state index contributed by atoms with van der Waals surface area (Å²) in [7, 11) is 1.63. The van der Waals surface area contributed by atoms with Crippen LogP contribution in [0.1, 0.15) is 35.7 Å². The highest BCUT2D eigenvalue weighted by Gasteiger charge is 2.47. The highest BCUT2D eigenvalue weighted by Crippen LogP contribution is 2.47. The molecule has 3 aromatic rings. The maximum Gasteiger partial charge on any atom is 0.266 e. The van der Waals surface area contributed by atoms with Crippen molar-refractivity contribution in [2.24, 2.45) is 18.2 Å². The van der Waals surface area contributed by atoms with Gasteiger partial charge in [0, 0.05) is 50.1 Å². The number of nitrogen functional groups attached to an aromatic ring is 2. The molecule has 7 N–H and O–H groups in total. The Bertz CT molecular complexity index is 1320. The first kappa shape index (κ1) is 21.4. The standard InChI is InChI=1S/C21H25ClN10O/c1-30-19(33)13(15(23)11-2-6-27-18(26)14(11)22)17(25)29-20(30)31-8-4-21(5-9-31)10-32-12(16(21)24)3-7-28-32/h2-3,6-7,16,23H,4-5,8-10,24-25H2,1H3,(H2,26,27). The molecule has 1 saturated heterocycles. The summed E-state index contributed by atoms with van der Waals surface area (Å²) in [4.78, 5) is 23.7. The van der Waals surface area contributed by atoms with Crippen molar-refractivity contribution >= 4 is 34.9 Å². The van der Waals surface area contributed by atoms with Crippen molar-refractivity contribution in [2.45, 2.75) is 25.4 Å². The number of pyridine rings is 1. The third-order valence-electron chi connectivity index (χ3n) is 6.97. The molecule has 0 amide bonds. The fraction of sp³-hybridized carbons (Fsp3) is 0.381. The minimum Gasteiger partial charge on any atom is -0.383 e. The van der Waals surface area contributed by atoms with Gasteiger partial charge in [0.15, 0.2) is 0 Å². The van der Waals surface area contributed by atoms with E-state index in [1.54, 1.807) is 13.2 Å². The molecule has 33 heavy (non-hydrogen) atoms. The van der Waals surface area contributed by atoms with E-state index in [0.29, 0.717) is 19.0 Å². The first-order valence-electron chi connectivity index (χ1n) is 10.6. The third kappa shape index (κ3) is 3.18. The molecule has 1 atom stereocenters.